The van der Waals surface area contributed by atoms with Crippen LogP contribution in [0.3, 0.4) is 0 Å². The molecule has 7 heteroatoms. The van der Waals surface area contributed by atoms with Crippen molar-refractivity contribution < 1.29 is 13.2 Å². The van der Waals surface area contributed by atoms with Gasteiger partial charge in [-0.1, -0.05) is 25.6 Å². The minimum Gasteiger partial charge on any atom is -0.392 e. The Kier molecular flexibility index (Phi) is 6.99. The van der Waals surface area contributed by atoms with Crippen molar-refractivity contribution in [1.82, 2.24) is 4.72 Å². The van der Waals surface area contributed by atoms with E-state index in [2.05, 4.69) is 16.9 Å². The van der Waals surface area contributed by atoms with Crippen molar-refractivity contribution >= 4 is 27.2 Å². The third-order valence-corrected chi connectivity index (χ3v) is 3.39. The molecule has 0 aromatic rings. The lowest BCUT2D eigenvalue weighted by Gasteiger charge is -2.16. The monoisotopic (exact) mass is 254 g/mol. The maximum atomic E-state index is 11.5. The highest BCUT2D eigenvalue weighted by Crippen LogP contribution is 2.00. The predicted octanol–water partition coefficient (Wildman–Crippen LogP) is 0.00700. The van der Waals surface area contributed by atoms with E-state index in [1.165, 1.54) is 7.11 Å². The molecule has 3 N–H and O–H groups in total. The Morgan fingerprint density at radius 1 is 1.60 bits per heavy atom. The van der Waals surface area contributed by atoms with E-state index in [1.54, 1.807) is 0 Å². The lowest BCUT2D eigenvalue weighted by atomic mass is 10.2. The summed E-state index contributed by atoms with van der Waals surface area (Å²) in [6.45, 7) is 2.33. The van der Waals surface area contributed by atoms with Crippen molar-refractivity contribution in [2.75, 3.05) is 19.5 Å². The largest absolute Gasteiger partial charge is 0.392 e. The Morgan fingerprint density at radius 3 is 2.60 bits per heavy atom. The van der Waals surface area contributed by atoms with Gasteiger partial charge < -0.3 is 10.5 Å². The SMILES string of the molecule is CCCC(COC)NS(=O)(=O)CC(N)=S. The average molecular weight is 254 g/mol. The molecule has 15 heavy (non-hydrogen) atoms. The van der Waals surface area contributed by atoms with E-state index in [4.69, 9.17) is 10.5 Å². The fraction of sp³-hybridized carbons (Fsp3) is 0.875. The zero-order valence-electron chi connectivity index (χ0n) is 9.02. The number of nitrogens with two attached hydrogens (primary N) is 1. The van der Waals surface area contributed by atoms with Crippen LogP contribution in [0.2, 0.25) is 0 Å². The van der Waals surface area contributed by atoms with Gasteiger partial charge in [-0.15, -0.1) is 0 Å². The summed E-state index contributed by atoms with van der Waals surface area (Å²) in [6, 6.07) is -0.209. The molecule has 0 amide bonds. The van der Waals surface area contributed by atoms with Crippen LogP contribution in [-0.4, -0.2) is 38.9 Å². The fourth-order valence-corrected chi connectivity index (χ4v) is 2.83. The molecule has 0 radical (unpaired) electrons. The summed E-state index contributed by atoms with van der Waals surface area (Å²) in [6.07, 6.45) is 1.61. The molecule has 0 saturated carbocycles. The Balaban J connectivity index is 4.31. The van der Waals surface area contributed by atoms with Crippen LogP contribution in [0.4, 0.5) is 0 Å². The quantitative estimate of drug-likeness (QED) is 0.596. The predicted molar refractivity (Wildman–Crippen MR) is 64.3 cm³/mol. The van der Waals surface area contributed by atoms with Crippen LogP contribution in [-0.2, 0) is 14.8 Å². The molecule has 0 bridgehead atoms. The van der Waals surface area contributed by atoms with Gasteiger partial charge in [0.1, 0.15) is 5.75 Å². The second-order valence-electron chi connectivity index (χ2n) is 3.28. The summed E-state index contributed by atoms with van der Waals surface area (Å²) >= 11 is 4.55. The number of rotatable bonds is 8. The summed E-state index contributed by atoms with van der Waals surface area (Å²) in [5, 5.41) is 0. The second kappa shape index (κ2) is 7.10. The Hall–Kier alpha value is -0.240. The van der Waals surface area contributed by atoms with E-state index in [-0.39, 0.29) is 16.8 Å². The topological polar surface area (TPSA) is 81.4 Å². The number of hydrogen-bond acceptors (Lipinski definition) is 4. The number of sulfonamides is 1. The summed E-state index contributed by atoms with van der Waals surface area (Å²) in [7, 11) is -1.89. The highest BCUT2D eigenvalue weighted by Gasteiger charge is 2.17. The lowest BCUT2D eigenvalue weighted by Crippen LogP contribution is -2.41. The molecule has 0 rings (SSSR count). The van der Waals surface area contributed by atoms with Gasteiger partial charge >= 0.3 is 0 Å². The summed E-state index contributed by atoms with van der Waals surface area (Å²) in [5.41, 5.74) is 5.18. The van der Waals surface area contributed by atoms with Crippen molar-refractivity contribution in [3.63, 3.8) is 0 Å². The molecule has 5 nitrogen and oxygen atoms in total. The van der Waals surface area contributed by atoms with E-state index in [0.717, 1.165) is 12.8 Å². The molecular weight excluding hydrogens is 236 g/mol. The minimum absolute atomic E-state index is 0.0323. The molecule has 0 saturated heterocycles. The first-order chi connectivity index (χ1) is 6.91. The van der Waals surface area contributed by atoms with E-state index in [0.29, 0.717) is 6.61 Å². The van der Waals surface area contributed by atoms with Crippen LogP contribution in [0.25, 0.3) is 0 Å². The third kappa shape index (κ3) is 7.66. The van der Waals surface area contributed by atoms with Crippen molar-refractivity contribution in [2.24, 2.45) is 5.73 Å². The van der Waals surface area contributed by atoms with Gasteiger partial charge in [0, 0.05) is 13.2 Å². The van der Waals surface area contributed by atoms with E-state index in [1.807, 2.05) is 6.92 Å². The van der Waals surface area contributed by atoms with Crippen molar-refractivity contribution in [1.29, 1.82) is 0 Å². The van der Waals surface area contributed by atoms with Gasteiger partial charge in [-0.25, -0.2) is 13.1 Å². The number of ether oxygens (including phenoxy) is 1. The number of hydrogen-bond donors (Lipinski definition) is 2. The van der Waals surface area contributed by atoms with Crippen LogP contribution in [0.1, 0.15) is 19.8 Å². The van der Waals surface area contributed by atoms with Crippen LogP contribution in [0, 0.1) is 0 Å². The molecule has 0 aliphatic rings. The number of methoxy groups -OCH3 is 1. The number of nitrogens with one attached hydrogen (secondary N) is 1. The maximum Gasteiger partial charge on any atom is 0.218 e. The molecular formula is C8H18N2O3S2. The Labute approximate surface area is 96.4 Å². The van der Waals surface area contributed by atoms with Crippen molar-refractivity contribution in [3.05, 3.63) is 0 Å². The van der Waals surface area contributed by atoms with E-state index >= 15 is 0 Å². The van der Waals surface area contributed by atoms with Crippen LogP contribution < -0.4 is 10.5 Å². The smallest absolute Gasteiger partial charge is 0.218 e. The molecule has 0 aliphatic heterocycles. The second-order valence-corrected chi connectivity index (χ2v) is 5.56. The van der Waals surface area contributed by atoms with Gasteiger partial charge in [-0.3, -0.25) is 0 Å². The van der Waals surface area contributed by atoms with Gasteiger partial charge in [-0.2, -0.15) is 0 Å². The van der Waals surface area contributed by atoms with Crippen LogP contribution in [0.15, 0.2) is 0 Å². The molecule has 0 heterocycles. The summed E-state index contributed by atoms with van der Waals surface area (Å²) in [4.78, 5) is -0.0323. The van der Waals surface area contributed by atoms with Gasteiger partial charge in [0.05, 0.1) is 11.6 Å². The highest BCUT2D eigenvalue weighted by atomic mass is 32.2. The minimum atomic E-state index is -3.42. The Morgan fingerprint density at radius 2 is 2.20 bits per heavy atom. The lowest BCUT2D eigenvalue weighted by molar-refractivity contribution is 0.171. The third-order valence-electron chi connectivity index (χ3n) is 1.68. The molecule has 1 atom stereocenters. The molecule has 1 unspecified atom stereocenters. The molecule has 0 aliphatic carbocycles. The van der Waals surface area contributed by atoms with Crippen LogP contribution >= 0.6 is 12.2 Å². The highest BCUT2D eigenvalue weighted by molar-refractivity contribution is 7.92. The van der Waals surface area contributed by atoms with Crippen LogP contribution in [0.5, 0.6) is 0 Å². The summed E-state index contributed by atoms with van der Waals surface area (Å²) < 4.78 is 30.4. The van der Waals surface area contributed by atoms with E-state index < -0.39 is 10.0 Å². The standard InChI is InChI=1S/C8H18N2O3S2/c1-3-4-7(5-13-2)10-15(11,12)6-8(9)14/h7,10H,3-6H2,1-2H3,(H2,9,14). The molecule has 0 spiro atoms. The molecule has 0 fully saturated rings. The maximum absolute atomic E-state index is 11.5. The van der Waals surface area contributed by atoms with Gasteiger partial charge in [0.2, 0.25) is 10.0 Å². The van der Waals surface area contributed by atoms with Gasteiger partial charge in [-0.05, 0) is 6.42 Å². The van der Waals surface area contributed by atoms with Crippen molar-refractivity contribution in [2.45, 2.75) is 25.8 Å². The first-order valence-corrected chi connectivity index (χ1v) is 6.74. The molecule has 0 aromatic heterocycles. The first-order valence-electron chi connectivity index (χ1n) is 4.68. The normalized spacial score (nSPS) is 13.7. The average Bonchev–Trinajstić information content (AvgIpc) is 2.01. The van der Waals surface area contributed by atoms with Gasteiger partial charge in [0.25, 0.3) is 0 Å². The zero-order valence-corrected chi connectivity index (χ0v) is 10.7. The first kappa shape index (κ1) is 14.8. The van der Waals surface area contributed by atoms with Crippen molar-refractivity contribution in [3.8, 4) is 0 Å². The number of thiocarbonyl (C=S) groups is 1. The molecule has 90 valence electrons. The molecule has 0 aromatic carbocycles. The van der Waals surface area contributed by atoms with Gasteiger partial charge in [0.15, 0.2) is 0 Å². The Bertz CT molecular complexity index is 284. The summed E-state index contributed by atoms with van der Waals surface area (Å²) in [5.74, 6) is -0.313. The fourth-order valence-electron chi connectivity index (χ4n) is 1.21. The van der Waals surface area contributed by atoms with E-state index in [9.17, 15) is 8.42 Å². The zero-order chi connectivity index (χ0) is 11.9.